The highest BCUT2D eigenvalue weighted by molar-refractivity contribution is 6.41. The van der Waals surface area contributed by atoms with Gasteiger partial charge in [-0.1, -0.05) is 36.4 Å². The quantitative estimate of drug-likeness (QED) is 0.0613. The summed E-state index contributed by atoms with van der Waals surface area (Å²) in [5.41, 5.74) is 14.6. The zero-order valence-corrected chi connectivity index (χ0v) is 45.7. The maximum absolute atomic E-state index is 15.2. The van der Waals surface area contributed by atoms with Gasteiger partial charge in [-0.3, -0.25) is 9.59 Å². The van der Waals surface area contributed by atoms with Crippen LogP contribution >= 0.6 is 0 Å². The summed E-state index contributed by atoms with van der Waals surface area (Å²) in [5, 5.41) is 8.42. The highest BCUT2D eigenvalue weighted by atomic mass is 16.6. The maximum Gasteiger partial charge on any atom is 0.324 e. The number of carbonyl (C=O) groups is 2. The number of carbonyl (C=O) groups excluding carboxylic acids is 2. The molecule has 422 valence electrons. The lowest BCUT2D eigenvalue weighted by Gasteiger charge is -2.39. The number of rotatable bonds is 0. The Bertz CT molecular complexity index is 3460. The molecule has 0 radical (unpaired) electrons. The standard InChI is InChI=1S/C67H64O15/c68-65-67(63-47-35-41-33-39-31-37-1-2-38-32-40-34-42-36-48(64(63)67)56-55(47)59-53(41)51(39)57-49(37)50(38)58-52(40)54(42)60(56)62(59)61(57)58)66(69)82-30-24-76-18-16-74-22-28-80-46-9-5-44(6-10-46)78-26-20-72-14-12-70-11-13-71-19-25-77-43-3-7-45(8-4-43)79-27-21-73-15-17-75-23-29-81-65/h1-10,31-32,35-38,49-50,63-64H,11-30,33-34H2/t37-,38+,49+,50-,63+,64-. The third-order valence-corrected chi connectivity index (χ3v) is 18.7. The van der Waals surface area contributed by atoms with Crippen molar-refractivity contribution in [3.05, 3.63) is 129 Å². The van der Waals surface area contributed by atoms with Crippen LogP contribution < -0.4 is 18.9 Å². The van der Waals surface area contributed by atoms with Crippen LogP contribution in [0.2, 0.25) is 0 Å². The predicted molar refractivity (Wildman–Crippen MR) is 303 cm³/mol. The fourth-order valence-corrected chi connectivity index (χ4v) is 15.7. The third-order valence-electron chi connectivity index (χ3n) is 18.7. The van der Waals surface area contributed by atoms with Crippen LogP contribution in [0.25, 0.3) is 54.6 Å². The number of ether oxygens (including phenoxy) is 13. The first-order valence-corrected chi connectivity index (χ1v) is 29.4. The molecule has 9 aliphatic carbocycles. The normalized spacial score (nSPS) is 26.7. The molecule has 1 spiro atoms. The number of allylic oxidation sites excluding steroid dienone is 6. The molecule has 82 heavy (non-hydrogen) atoms. The van der Waals surface area contributed by atoms with Crippen molar-refractivity contribution in [1.82, 2.24) is 0 Å². The largest absolute Gasteiger partial charge is 0.491 e. The number of hydrogen-bond acceptors (Lipinski definition) is 15. The van der Waals surface area contributed by atoms with Crippen molar-refractivity contribution < 1.29 is 71.2 Å². The number of fused-ring (bicyclic) bond motifs is 5. The van der Waals surface area contributed by atoms with Gasteiger partial charge in [-0.2, -0.15) is 0 Å². The summed E-state index contributed by atoms with van der Waals surface area (Å²) in [6.45, 7) is 6.40. The summed E-state index contributed by atoms with van der Waals surface area (Å²) in [4.78, 5) is 30.4. The summed E-state index contributed by atoms with van der Waals surface area (Å²) in [5.74, 6) is 2.42. The Hall–Kier alpha value is -6.82. The van der Waals surface area contributed by atoms with Crippen LogP contribution in [-0.2, 0) is 65.1 Å². The average molecular weight is 1110 g/mol. The lowest BCUT2D eigenvalue weighted by molar-refractivity contribution is -0.167. The Morgan fingerprint density at radius 3 is 1.00 bits per heavy atom. The Morgan fingerprint density at radius 1 is 0.341 bits per heavy atom. The van der Waals surface area contributed by atoms with E-state index in [1.54, 1.807) is 11.1 Å². The minimum Gasteiger partial charge on any atom is -0.491 e. The van der Waals surface area contributed by atoms with Crippen LogP contribution in [0.1, 0.15) is 68.2 Å². The second-order valence-electron chi connectivity index (χ2n) is 22.9. The predicted octanol–water partition coefficient (Wildman–Crippen LogP) is 9.33. The molecule has 6 aromatic carbocycles. The van der Waals surface area contributed by atoms with Crippen LogP contribution in [0, 0.1) is 17.3 Å². The van der Waals surface area contributed by atoms with E-state index in [0.717, 1.165) is 24.0 Å². The molecular weight excluding hydrogens is 1040 g/mol. The second-order valence-corrected chi connectivity index (χ2v) is 22.9. The molecular formula is C67H64O15. The molecule has 0 saturated heterocycles. The molecule has 3 aliphatic heterocycles. The zero-order valence-electron chi connectivity index (χ0n) is 45.7. The van der Waals surface area contributed by atoms with E-state index in [1.807, 2.05) is 48.5 Å². The fraction of sp³-hybridized carbons (Fsp3) is 0.433. The van der Waals surface area contributed by atoms with Crippen LogP contribution in [0.5, 0.6) is 23.0 Å². The first-order chi connectivity index (χ1) is 40.6. The maximum atomic E-state index is 15.2. The zero-order chi connectivity index (χ0) is 54.5. The van der Waals surface area contributed by atoms with Gasteiger partial charge in [0.15, 0.2) is 5.41 Å². The van der Waals surface area contributed by atoms with E-state index in [9.17, 15) is 0 Å². The summed E-state index contributed by atoms with van der Waals surface area (Å²) in [6.07, 6.45) is 11.8. The first kappa shape index (κ1) is 50.9. The first-order valence-electron chi connectivity index (χ1n) is 29.4. The minimum absolute atomic E-state index is 0.0284. The van der Waals surface area contributed by atoms with Gasteiger partial charge in [0.1, 0.15) is 62.6 Å². The Balaban J connectivity index is 0.621. The van der Waals surface area contributed by atoms with Gasteiger partial charge in [-0.25, -0.2) is 0 Å². The molecule has 1 saturated carbocycles. The number of esters is 2. The molecule has 15 heteroatoms. The molecule has 15 nitrogen and oxygen atoms in total. The smallest absolute Gasteiger partial charge is 0.324 e. The van der Waals surface area contributed by atoms with Gasteiger partial charge in [0.05, 0.1) is 92.5 Å². The van der Waals surface area contributed by atoms with Gasteiger partial charge in [0.25, 0.3) is 0 Å². The summed E-state index contributed by atoms with van der Waals surface area (Å²) in [6, 6.07) is 19.6. The second kappa shape index (κ2) is 20.8. The van der Waals surface area contributed by atoms with E-state index in [2.05, 4.69) is 36.4 Å². The van der Waals surface area contributed by atoms with Crippen LogP contribution in [0.15, 0.2) is 85.0 Å². The molecule has 6 atom stereocenters. The van der Waals surface area contributed by atoms with Gasteiger partial charge in [-0.15, -0.1) is 0 Å². The van der Waals surface area contributed by atoms with Gasteiger partial charge in [0.2, 0.25) is 0 Å². The van der Waals surface area contributed by atoms with Crippen LogP contribution in [0.3, 0.4) is 0 Å². The molecule has 0 N–H and O–H groups in total. The van der Waals surface area contributed by atoms with E-state index in [0.29, 0.717) is 152 Å². The molecule has 4 bridgehead atoms. The SMILES string of the molecule is O=C1OCCOCCOCCOc2ccc(cc2)OCCOCCOCCOCCOc2ccc(cc2)OCCOCCOCCOC(=O)C12[C@@H]1c3cc4c5c6c7c8c9c%10c%11c(cc(c%12c%11c8c5c3-%12)[C@@H]12)CC%10=C[C@H]1C=C[C@@H](C=C6C4)[C@@H]7[C@@H]91. The highest BCUT2D eigenvalue weighted by Gasteiger charge is 2.79. The van der Waals surface area contributed by atoms with Crippen molar-refractivity contribution in [2.45, 2.75) is 36.5 Å². The van der Waals surface area contributed by atoms with Crippen molar-refractivity contribution in [2.75, 3.05) is 132 Å². The van der Waals surface area contributed by atoms with E-state index in [4.69, 9.17) is 61.6 Å². The monoisotopic (exact) mass is 1110 g/mol. The number of hydrogen-bond donors (Lipinski definition) is 0. The number of benzene rings is 6. The molecule has 0 aromatic heterocycles. The van der Waals surface area contributed by atoms with E-state index < -0.39 is 29.2 Å². The van der Waals surface area contributed by atoms with E-state index in [-0.39, 0.29) is 26.4 Å². The fourth-order valence-electron chi connectivity index (χ4n) is 15.7. The summed E-state index contributed by atoms with van der Waals surface area (Å²) < 4.78 is 76.1. The van der Waals surface area contributed by atoms with Gasteiger partial charge in [-0.05, 0) is 160 Å². The van der Waals surface area contributed by atoms with Crippen LogP contribution in [-0.4, -0.2) is 144 Å². The van der Waals surface area contributed by atoms with Crippen molar-refractivity contribution in [3.8, 4) is 34.1 Å². The van der Waals surface area contributed by atoms with E-state index in [1.165, 1.54) is 76.8 Å². The van der Waals surface area contributed by atoms with E-state index >= 15 is 9.59 Å². The lowest BCUT2D eigenvalue weighted by Crippen LogP contribution is -2.34. The molecule has 18 rings (SSSR count). The van der Waals surface area contributed by atoms with Crippen molar-refractivity contribution >= 4 is 55.4 Å². The highest BCUT2D eigenvalue weighted by Crippen LogP contribution is 2.80. The van der Waals surface area contributed by atoms with Crippen LogP contribution in [0.4, 0.5) is 0 Å². The van der Waals surface area contributed by atoms with Crippen molar-refractivity contribution in [1.29, 1.82) is 0 Å². The van der Waals surface area contributed by atoms with Crippen molar-refractivity contribution in [3.63, 3.8) is 0 Å². The summed E-state index contributed by atoms with van der Waals surface area (Å²) in [7, 11) is 0. The molecule has 6 aromatic rings. The lowest BCUT2D eigenvalue weighted by atomic mass is 9.63. The molecule has 0 amide bonds. The van der Waals surface area contributed by atoms with Crippen molar-refractivity contribution in [2.24, 2.45) is 17.3 Å². The Kier molecular flexibility index (Phi) is 12.9. The molecule has 0 unspecified atom stereocenters. The van der Waals surface area contributed by atoms with Gasteiger partial charge < -0.3 is 61.6 Å². The minimum atomic E-state index is -1.59. The average Bonchev–Trinajstić information content (AvgIpc) is 1.48. The summed E-state index contributed by atoms with van der Waals surface area (Å²) >= 11 is 0. The Labute approximate surface area is 474 Å². The third kappa shape index (κ3) is 8.01. The molecule has 12 aliphatic rings. The van der Waals surface area contributed by atoms with Gasteiger partial charge >= 0.3 is 11.9 Å². The molecule has 1 fully saturated rings. The molecule has 3 heterocycles. The Morgan fingerprint density at radius 2 is 0.659 bits per heavy atom. The van der Waals surface area contributed by atoms with Gasteiger partial charge in [0, 0.05) is 35.5 Å². The topological polar surface area (TPSA) is 154 Å².